The zero-order valence-electron chi connectivity index (χ0n) is 13.7. The standard InChI is InChI=1S/C16H25N3O3S/c1-3-23(21,22)17-12-16(20)18-14-4-6-15(7-5-14)19-10-8-13(2)9-11-19/h4-7,13,17H,3,8-12H2,1-2H3,(H,18,20). The molecule has 2 rings (SSSR count). The van der Waals surface area contributed by atoms with E-state index in [1.54, 1.807) is 0 Å². The monoisotopic (exact) mass is 339 g/mol. The highest BCUT2D eigenvalue weighted by atomic mass is 32.2. The fourth-order valence-electron chi connectivity index (χ4n) is 2.51. The lowest BCUT2D eigenvalue weighted by Crippen LogP contribution is -2.34. The molecule has 0 aromatic heterocycles. The van der Waals surface area contributed by atoms with Crippen LogP contribution in [0.15, 0.2) is 24.3 Å². The van der Waals surface area contributed by atoms with E-state index >= 15 is 0 Å². The summed E-state index contributed by atoms with van der Waals surface area (Å²) in [6, 6.07) is 7.67. The summed E-state index contributed by atoms with van der Waals surface area (Å²) < 4.78 is 24.9. The molecular formula is C16H25N3O3S. The Labute approximate surface area is 138 Å². The van der Waals surface area contributed by atoms with Gasteiger partial charge in [-0.15, -0.1) is 0 Å². The number of carbonyl (C=O) groups is 1. The van der Waals surface area contributed by atoms with Gasteiger partial charge < -0.3 is 10.2 Å². The second-order valence-electron chi connectivity index (χ2n) is 5.99. The van der Waals surface area contributed by atoms with Crippen molar-refractivity contribution in [2.24, 2.45) is 5.92 Å². The quantitative estimate of drug-likeness (QED) is 0.828. The summed E-state index contributed by atoms with van der Waals surface area (Å²) >= 11 is 0. The minimum atomic E-state index is -3.35. The molecule has 0 bridgehead atoms. The van der Waals surface area contributed by atoms with E-state index in [2.05, 4.69) is 21.9 Å². The highest BCUT2D eigenvalue weighted by molar-refractivity contribution is 7.89. The molecule has 1 fully saturated rings. The predicted octanol–water partition coefficient (Wildman–Crippen LogP) is 1.80. The molecule has 1 saturated heterocycles. The van der Waals surface area contributed by atoms with Gasteiger partial charge in [0, 0.05) is 24.5 Å². The Hall–Kier alpha value is -1.60. The molecule has 0 radical (unpaired) electrons. The van der Waals surface area contributed by atoms with E-state index in [0.29, 0.717) is 5.69 Å². The van der Waals surface area contributed by atoms with E-state index in [9.17, 15) is 13.2 Å². The number of carbonyl (C=O) groups excluding carboxylic acids is 1. The third-order valence-electron chi connectivity index (χ3n) is 4.13. The van der Waals surface area contributed by atoms with Crippen molar-refractivity contribution in [2.75, 3.05) is 35.6 Å². The first-order valence-electron chi connectivity index (χ1n) is 8.02. The first kappa shape index (κ1) is 17.7. The second kappa shape index (κ2) is 7.79. The fraction of sp³-hybridized carbons (Fsp3) is 0.562. The van der Waals surface area contributed by atoms with Crippen LogP contribution in [0.4, 0.5) is 11.4 Å². The van der Waals surface area contributed by atoms with Crippen LogP contribution in [0.5, 0.6) is 0 Å². The minimum absolute atomic E-state index is 0.0383. The van der Waals surface area contributed by atoms with E-state index in [4.69, 9.17) is 0 Å². The molecule has 0 unspecified atom stereocenters. The van der Waals surface area contributed by atoms with Crippen molar-refractivity contribution in [3.05, 3.63) is 24.3 Å². The second-order valence-corrected chi connectivity index (χ2v) is 8.08. The van der Waals surface area contributed by atoms with Gasteiger partial charge in [0.25, 0.3) is 0 Å². The van der Waals surface area contributed by atoms with Crippen LogP contribution in [0.1, 0.15) is 26.7 Å². The van der Waals surface area contributed by atoms with Crippen LogP contribution in [-0.2, 0) is 14.8 Å². The SMILES string of the molecule is CCS(=O)(=O)NCC(=O)Nc1ccc(N2CCC(C)CC2)cc1. The number of amides is 1. The van der Waals surface area contributed by atoms with Gasteiger partial charge in [-0.1, -0.05) is 6.92 Å². The van der Waals surface area contributed by atoms with E-state index in [-0.39, 0.29) is 18.2 Å². The Bertz CT molecular complexity index is 620. The number of anilines is 2. The first-order valence-corrected chi connectivity index (χ1v) is 9.67. The molecule has 1 heterocycles. The zero-order chi connectivity index (χ0) is 16.9. The summed E-state index contributed by atoms with van der Waals surface area (Å²) in [5, 5.41) is 2.69. The fourth-order valence-corrected chi connectivity index (χ4v) is 3.06. The Kier molecular flexibility index (Phi) is 6.01. The van der Waals surface area contributed by atoms with Crippen LogP contribution >= 0.6 is 0 Å². The molecule has 23 heavy (non-hydrogen) atoms. The van der Waals surface area contributed by atoms with E-state index in [1.807, 2.05) is 24.3 Å². The number of hydrogen-bond acceptors (Lipinski definition) is 4. The lowest BCUT2D eigenvalue weighted by molar-refractivity contribution is -0.115. The number of nitrogens with one attached hydrogen (secondary N) is 2. The summed E-state index contributed by atoms with van der Waals surface area (Å²) in [6.07, 6.45) is 2.41. The molecule has 1 aliphatic rings. The summed E-state index contributed by atoms with van der Waals surface area (Å²) in [7, 11) is -3.35. The van der Waals surface area contributed by atoms with Crippen LogP contribution in [0.2, 0.25) is 0 Å². The number of piperidine rings is 1. The smallest absolute Gasteiger partial charge is 0.239 e. The molecule has 1 aliphatic heterocycles. The van der Waals surface area contributed by atoms with Gasteiger partial charge in [-0.25, -0.2) is 13.1 Å². The van der Waals surface area contributed by atoms with Gasteiger partial charge in [0.15, 0.2) is 0 Å². The lowest BCUT2D eigenvalue weighted by atomic mass is 9.99. The average Bonchev–Trinajstić information content (AvgIpc) is 2.55. The molecule has 0 saturated carbocycles. The normalized spacial score (nSPS) is 16.3. The van der Waals surface area contributed by atoms with Crippen LogP contribution in [-0.4, -0.2) is 39.7 Å². The lowest BCUT2D eigenvalue weighted by Gasteiger charge is -2.32. The summed E-state index contributed by atoms with van der Waals surface area (Å²) in [4.78, 5) is 14.1. The Balaban J connectivity index is 1.86. The first-order chi connectivity index (χ1) is 10.9. The average molecular weight is 339 g/mol. The van der Waals surface area contributed by atoms with Crippen LogP contribution in [0.25, 0.3) is 0 Å². The predicted molar refractivity (Wildman–Crippen MR) is 93.1 cm³/mol. The molecule has 128 valence electrons. The number of hydrogen-bond donors (Lipinski definition) is 2. The number of nitrogens with zero attached hydrogens (tertiary/aromatic N) is 1. The van der Waals surface area contributed by atoms with Gasteiger partial charge >= 0.3 is 0 Å². The van der Waals surface area contributed by atoms with Crippen molar-refractivity contribution < 1.29 is 13.2 Å². The summed E-state index contributed by atoms with van der Waals surface area (Å²) in [5.74, 6) is 0.377. The summed E-state index contributed by atoms with van der Waals surface area (Å²) in [6.45, 7) is 5.68. The molecule has 1 aromatic carbocycles. The zero-order valence-corrected chi connectivity index (χ0v) is 14.5. The highest BCUT2D eigenvalue weighted by Gasteiger charge is 2.16. The van der Waals surface area contributed by atoms with Crippen molar-refractivity contribution in [2.45, 2.75) is 26.7 Å². The van der Waals surface area contributed by atoms with Gasteiger partial charge in [-0.2, -0.15) is 0 Å². The summed E-state index contributed by atoms with van der Waals surface area (Å²) in [5.41, 5.74) is 1.82. The maximum absolute atomic E-state index is 11.7. The maximum Gasteiger partial charge on any atom is 0.239 e. The molecule has 0 atom stereocenters. The van der Waals surface area contributed by atoms with E-state index in [0.717, 1.165) is 24.7 Å². The van der Waals surface area contributed by atoms with Crippen LogP contribution in [0, 0.1) is 5.92 Å². The van der Waals surface area contributed by atoms with Gasteiger partial charge in [-0.3, -0.25) is 4.79 Å². The highest BCUT2D eigenvalue weighted by Crippen LogP contribution is 2.24. The van der Waals surface area contributed by atoms with Crippen LogP contribution in [0.3, 0.4) is 0 Å². The third kappa shape index (κ3) is 5.51. The van der Waals surface area contributed by atoms with Crippen molar-refractivity contribution in [3.63, 3.8) is 0 Å². The van der Waals surface area contributed by atoms with Gasteiger partial charge in [0.2, 0.25) is 15.9 Å². The Morgan fingerprint density at radius 2 is 1.83 bits per heavy atom. The van der Waals surface area contributed by atoms with Gasteiger partial charge in [0.1, 0.15) is 0 Å². The number of benzene rings is 1. The van der Waals surface area contributed by atoms with Gasteiger partial charge in [0.05, 0.1) is 12.3 Å². The van der Waals surface area contributed by atoms with Gasteiger partial charge in [-0.05, 0) is 49.9 Å². The van der Waals surface area contributed by atoms with E-state index in [1.165, 1.54) is 19.8 Å². The number of sulfonamides is 1. The molecule has 6 nitrogen and oxygen atoms in total. The molecule has 1 amide bonds. The maximum atomic E-state index is 11.7. The minimum Gasteiger partial charge on any atom is -0.372 e. The molecule has 0 aliphatic carbocycles. The molecule has 7 heteroatoms. The van der Waals surface area contributed by atoms with E-state index < -0.39 is 10.0 Å². The molecular weight excluding hydrogens is 314 g/mol. The topological polar surface area (TPSA) is 78.5 Å². The number of rotatable bonds is 6. The van der Waals surface area contributed by atoms with Crippen molar-refractivity contribution in [1.82, 2.24) is 4.72 Å². The molecule has 1 aromatic rings. The Morgan fingerprint density at radius 3 is 2.39 bits per heavy atom. The van der Waals surface area contributed by atoms with Crippen molar-refractivity contribution in [1.29, 1.82) is 0 Å². The molecule has 2 N–H and O–H groups in total. The van der Waals surface area contributed by atoms with Crippen molar-refractivity contribution >= 4 is 27.3 Å². The Morgan fingerprint density at radius 1 is 1.22 bits per heavy atom. The van der Waals surface area contributed by atoms with Crippen molar-refractivity contribution in [3.8, 4) is 0 Å². The third-order valence-corrected chi connectivity index (χ3v) is 5.48. The largest absolute Gasteiger partial charge is 0.372 e. The molecule has 0 spiro atoms. The van der Waals surface area contributed by atoms with Crippen LogP contribution < -0.4 is 14.9 Å².